The maximum atomic E-state index is 13.1. The summed E-state index contributed by atoms with van der Waals surface area (Å²) in [5, 5.41) is 7.28. The molecule has 2 amide bonds. The fourth-order valence-electron chi connectivity index (χ4n) is 4.24. The largest absolute Gasteiger partial charge is 0.338 e. The topological polar surface area (TPSA) is 101 Å². The Hall–Kier alpha value is -2.75. The summed E-state index contributed by atoms with van der Waals surface area (Å²) in [7, 11) is -3.09. The first-order chi connectivity index (χ1) is 14.7. The van der Waals surface area contributed by atoms with E-state index < -0.39 is 21.6 Å². The van der Waals surface area contributed by atoms with Gasteiger partial charge in [-0.3, -0.25) is 9.59 Å². The number of aromatic nitrogens is 2. The van der Waals surface area contributed by atoms with Gasteiger partial charge in [-0.25, -0.2) is 17.5 Å². The van der Waals surface area contributed by atoms with Crippen molar-refractivity contribution < 1.29 is 22.4 Å². The molecule has 2 saturated heterocycles. The fraction of sp³-hybridized carbons (Fsp3) is 0.476. The van der Waals surface area contributed by atoms with Crippen LogP contribution in [0.5, 0.6) is 0 Å². The Morgan fingerprint density at radius 2 is 1.94 bits per heavy atom. The van der Waals surface area contributed by atoms with E-state index in [1.165, 1.54) is 24.3 Å². The molecule has 1 aromatic carbocycles. The molecule has 2 unspecified atom stereocenters. The maximum absolute atomic E-state index is 13.1. The highest BCUT2D eigenvalue weighted by Crippen LogP contribution is 2.28. The molecule has 2 aliphatic heterocycles. The number of amides is 2. The molecule has 31 heavy (non-hydrogen) atoms. The average molecular weight is 449 g/mol. The van der Waals surface area contributed by atoms with Crippen molar-refractivity contribution in [1.29, 1.82) is 0 Å². The van der Waals surface area contributed by atoms with Crippen LogP contribution in [0, 0.1) is 18.7 Å². The first kappa shape index (κ1) is 21.5. The number of benzene rings is 1. The van der Waals surface area contributed by atoms with Crippen LogP contribution in [0.4, 0.5) is 10.2 Å². The summed E-state index contributed by atoms with van der Waals surface area (Å²) >= 11 is 0. The minimum Gasteiger partial charge on any atom is -0.338 e. The second-order valence-electron chi connectivity index (χ2n) is 8.26. The standard InChI is InChI=1S/C21H25FN4O4S/c1-14-11-19(26(24-14)18-8-10-31(29,30)13-18)23-20(27)16-3-2-9-25(12-16)21(28)15-4-6-17(22)7-5-15/h4-7,11,16,18H,2-3,8-10,12-13H2,1H3,(H,23,27). The normalized spacial score (nSPS) is 23.0. The number of hydrogen-bond donors (Lipinski definition) is 1. The molecule has 1 aromatic heterocycles. The molecule has 166 valence electrons. The van der Waals surface area contributed by atoms with Crippen molar-refractivity contribution in [3.05, 3.63) is 47.4 Å². The van der Waals surface area contributed by atoms with Crippen LogP contribution in [0.1, 0.15) is 41.4 Å². The van der Waals surface area contributed by atoms with Gasteiger partial charge < -0.3 is 10.2 Å². The zero-order valence-corrected chi connectivity index (χ0v) is 18.1. The third-order valence-electron chi connectivity index (χ3n) is 5.83. The second kappa shape index (κ2) is 8.41. The van der Waals surface area contributed by atoms with Gasteiger partial charge in [-0.2, -0.15) is 5.10 Å². The summed E-state index contributed by atoms with van der Waals surface area (Å²) < 4.78 is 38.4. The predicted octanol–water partition coefficient (Wildman–Crippen LogP) is 2.18. The highest BCUT2D eigenvalue weighted by molar-refractivity contribution is 7.91. The molecular weight excluding hydrogens is 423 g/mol. The minimum absolute atomic E-state index is 0.0143. The zero-order valence-electron chi connectivity index (χ0n) is 17.3. The molecule has 2 aliphatic rings. The fourth-order valence-corrected chi connectivity index (χ4v) is 5.93. The van der Waals surface area contributed by atoms with Crippen LogP contribution in [0.15, 0.2) is 30.3 Å². The van der Waals surface area contributed by atoms with Gasteiger partial charge in [-0.05, 0) is 50.5 Å². The summed E-state index contributed by atoms with van der Waals surface area (Å²) in [6.45, 7) is 2.60. The number of carbonyl (C=O) groups excluding carboxylic acids is 2. The lowest BCUT2D eigenvalue weighted by atomic mass is 9.96. The van der Waals surface area contributed by atoms with Gasteiger partial charge in [-0.1, -0.05) is 0 Å². The van der Waals surface area contributed by atoms with Gasteiger partial charge in [0, 0.05) is 24.7 Å². The van der Waals surface area contributed by atoms with Crippen molar-refractivity contribution in [2.45, 2.75) is 32.2 Å². The molecule has 3 heterocycles. The highest BCUT2D eigenvalue weighted by atomic mass is 32.2. The number of rotatable bonds is 4. The van der Waals surface area contributed by atoms with Crippen LogP contribution in [-0.4, -0.2) is 59.5 Å². The molecular formula is C21H25FN4O4S. The van der Waals surface area contributed by atoms with Crippen molar-refractivity contribution >= 4 is 27.5 Å². The molecule has 0 radical (unpaired) electrons. The van der Waals surface area contributed by atoms with E-state index in [2.05, 4.69) is 10.4 Å². The van der Waals surface area contributed by atoms with Crippen molar-refractivity contribution in [3.8, 4) is 0 Å². The first-order valence-corrected chi connectivity index (χ1v) is 12.2. The van der Waals surface area contributed by atoms with Crippen LogP contribution in [0.25, 0.3) is 0 Å². The summed E-state index contributed by atoms with van der Waals surface area (Å²) in [6, 6.07) is 6.81. The molecule has 0 bridgehead atoms. The smallest absolute Gasteiger partial charge is 0.253 e. The molecule has 1 N–H and O–H groups in total. The third-order valence-corrected chi connectivity index (χ3v) is 7.58. The SMILES string of the molecule is Cc1cc(NC(=O)C2CCCN(C(=O)c3ccc(F)cc3)C2)n(C2CCS(=O)(=O)C2)n1. The van der Waals surface area contributed by atoms with E-state index in [9.17, 15) is 22.4 Å². The van der Waals surface area contributed by atoms with Gasteiger partial charge in [0.15, 0.2) is 9.84 Å². The third kappa shape index (κ3) is 4.79. The average Bonchev–Trinajstić information content (AvgIpc) is 3.29. The van der Waals surface area contributed by atoms with Gasteiger partial charge in [0.2, 0.25) is 5.91 Å². The number of anilines is 1. The lowest BCUT2D eigenvalue weighted by Gasteiger charge is -2.32. The number of nitrogens with zero attached hydrogens (tertiary/aromatic N) is 3. The van der Waals surface area contributed by atoms with Crippen molar-refractivity contribution in [1.82, 2.24) is 14.7 Å². The Balaban J connectivity index is 1.44. The van der Waals surface area contributed by atoms with Crippen LogP contribution in [0.3, 0.4) is 0 Å². The Bertz CT molecular complexity index is 1100. The Morgan fingerprint density at radius 3 is 2.61 bits per heavy atom. The maximum Gasteiger partial charge on any atom is 0.253 e. The summed E-state index contributed by atoms with van der Waals surface area (Å²) in [5.74, 6) is -0.642. The van der Waals surface area contributed by atoms with E-state index in [-0.39, 0.29) is 35.9 Å². The molecule has 4 rings (SSSR count). The molecule has 8 nitrogen and oxygen atoms in total. The number of sulfone groups is 1. The van der Waals surface area contributed by atoms with Crippen LogP contribution in [-0.2, 0) is 14.6 Å². The van der Waals surface area contributed by atoms with Gasteiger partial charge in [0.25, 0.3) is 5.91 Å². The van der Waals surface area contributed by atoms with Crippen LogP contribution in [0.2, 0.25) is 0 Å². The van der Waals surface area contributed by atoms with E-state index in [4.69, 9.17) is 0 Å². The molecule has 2 aromatic rings. The van der Waals surface area contributed by atoms with Crippen molar-refractivity contribution in [2.24, 2.45) is 5.92 Å². The van der Waals surface area contributed by atoms with Gasteiger partial charge in [0.1, 0.15) is 11.6 Å². The van der Waals surface area contributed by atoms with Crippen LogP contribution < -0.4 is 5.32 Å². The van der Waals surface area contributed by atoms with Crippen LogP contribution >= 0.6 is 0 Å². The minimum atomic E-state index is -3.09. The molecule has 0 spiro atoms. The summed E-state index contributed by atoms with van der Waals surface area (Å²) in [5.41, 5.74) is 1.08. The zero-order chi connectivity index (χ0) is 22.2. The summed E-state index contributed by atoms with van der Waals surface area (Å²) in [6.07, 6.45) is 1.80. The first-order valence-electron chi connectivity index (χ1n) is 10.3. The van der Waals surface area contributed by atoms with E-state index in [0.29, 0.717) is 42.9 Å². The molecule has 0 saturated carbocycles. The highest BCUT2D eigenvalue weighted by Gasteiger charge is 2.33. The van der Waals surface area contributed by atoms with Gasteiger partial charge in [-0.15, -0.1) is 0 Å². The molecule has 2 fully saturated rings. The number of aryl methyl sites for hydroxylation is 1. The summed E-state index contributed by atoms with van der Waals surface area (Å²) in [4.78, 5) is 27.3. The van der Waals surface area contributed by atoms with Gasteiger partial charge in [0.05, 0.1) is 29.2 Å². The van der Waals surface area contributed by atoms with Crippen molar-refractivity contribution in [2.75, 3.05) is 29.9 Å². The Labute approximate surface area is 180 Å². The van der Waals surface area contributed by atoms with E-state index in [1.807, 2.05) is 0 Å². The monoisotopic (exact) mass is 448 g/mol. The number of hydrogen-bond acceptors (Lipinski definition) is 5. The number of carbonyl (C=O) groups is 2. The number of likely N-dealkylation sites (tertiary alicyclic amines) is 1. The van der Waals surface area contributed by atoms with E-state index >= 15 is 0 Å². The van der Waals surface area contributed by atoms with Gasteiger partial charge >= 0.3 is 0 Å². The molecule has 2 atom stereocenters. The second-order valence-corrected chi connectivity index (χ2v) is 10.5. The molecule has 10 heteroatoms. The molecule has 0 aliphatic carbocycles. The van der Waals surface area contributed by atoms with E-state index in [0.717, 1.165) is 0 Å². The number of piperidine rings is 1. The van der Waals surface area contributed by atoms with Crippen molar-refractivity contribution in [3.63, 3.8) is 0 Å². The number of halogens is 1. The lowest BCUT2D eigenvalue weighted by Crippen LogP contribution is -2.44. The van der Waals surface area contributed by atoms with E-state index in [1.54, 1.807) is 22.6 Å². The lowest BCUT2D eigenvalue weighted by molar-refractivity contribution is -0.121. The quantitative estimate of drug-likeness (QED) is 0.773. The predicted molar refractivity (Wildman–Crippen MR) is 113 cm³/mol. The number of nitrogens with one attached hydrogen (secondary N) is 1. The Morgan fingerprint density at radius 1 is 1.19 bits per heavy atom. The Kier molecular flexibility index (Phi) is 5.83.